The summed E-state index contributed by atoms with van der Waals surface area (Å²) < 4.78 is 17.3. The molecule has 0 bridgehead atoms. The van der Waals surface area contributed by atoms with Gasteiger partial charge in [0.2, 0.25) is 0 Å². The van der Waals surface area contributed by atoms with Crippen LogP contribution in [0.2, 0.25) is 5.02 Å². The summed E-state index contributed by atoms with van der Waals surface area (Å²) in [5.41, 5.74) is 3.05. The van der Waals surface area contributed by atoms with Gasteiger partial charge < -0.3 is 24.4 Å². The number of fused-ring (bicyclic) bond motifs is 1. The Morgan fingerprint density at radius 2 is 1.64 bits per heavy atom. The molecule has 0 fully saturated rings. The second-order valence-corrected chi connectivity index (χ2v) is 8.97. The lowest BCUT2D eigenvalue weighted by atomic mass is 10.1. The van der Waals surface area contributed by atoms with Gasteiger partial charge in [0.15, 0.2) is 18.1 Å². The number of para-hydroxylation sites is 1. The lowest BCUT2D eigenvalue weighted by molar-refractivity contribution is -0.139. The summed E-state index contributed by atoms with van der Waals surface area (Å²) in [4.78, 5) is 26.4. The van der Waals surface area contributed by atoms with Gasteiger partial charge in [-0.15, -0.1) is 0 Å². The number of nitrogens with zero attached hydrogens (tertiary/aromatic N) is 1. The molecule has 0 aliphatic rings. The van der Waals surface area contributed by atoms with Crippen LogP contribution in [0.3, 0.4) is 0 Å². The number of hydrogen-bond acceptors (Lipinski definition) is 6. The van der Waals surface area contributed by atoms with Crippen LogP contribution in [0, 0.1) is 0 Å². The van der Waals surface area contributed by atoms with E-state index in [1.165, 1.54) is 0 Å². The first-order valence-corrected chi connectivity index (χ1v) is 12.5. The molecule has 0 unspecified atom stereocenters. The second-order valence-electron chi connectivity index (χ2n) is 8.54. The summed E-state index contributed by atoms with van der Waals surface area (Å²) >= 11 is 6.10. The molecule has 4 aromatic rings. The second kappa shape index (κ2) is 13.3. The van der Waals surface area contributed by atoms with Crippen molar-refractivity contribution in [1.82, 2.24) is 4.98 Å². The van der Waals surface area contributed by atoms with Crippen molar-refractivity contribution in [2.75, 3.05) is 13.2 Å². The van der Waals surface area contributed by atoms with E-state index in [4.69, 9.17) is 36.0 Å². The van der Waals surface area contributed by atoms with Gasteiger partial charge in [-0.05, 0) is 54.5 Å². The summed E-state index contributed by atoms with van der Waals surface area (Å²) in [6.07, 6.45) is 4.09. The highest BCUT2D eigenvalue weighted by atomic mass is 35.5. The van der Waals surface area contributed by atoms with Crippen LogP contribution in [0.5, 0.6) is 17.2 Å². The highest BCUT2D eigenvalue weighted by molar-refractivity contribution is 6.31. The number of ether oxygens (including phenoxy) is 3. The minimum atomic E-state index is -1.07. The lowest BCUT2D eigenvalue weighted by Crippen LogP contribution is -2.11. The van der Waals surface area contributed by atoms with Crippen LogP contribution in [0.1, 0.15) is 29.7 Å². The molecular weight excluding hydrogens is 522 g/mol. The Kier molecular flexibility index (Phi) is 9.37. The first-order chi connectivity index (χ1) is 18.9. The van der Waals surface area contributed by atoms with Gasteiger partial charge in [0.1, 0.15) is 12.4 Å². The number of rotatable bonds is 13. The number of benzene rings is 3. The van der Waals surface area contributed by atoms with Gasteiger partial charge in [0.25, 0.3) is 0 Å². The van der Waals surface area contributed by atoms with Gasteiger partial charge in [-0.1, -0.05) is 54.1 Å². The van der Waals surface area contributed by atoms with E-state index in [-0.39, 0.29) is 19.6 Å². The van der Waals surface area contributed by atoms with Crippen LogP contribution in [0.4, 0.5) is 0 Å². The largest absolute Gasteiger partial charge is 0.490 e. The zero-order valence-corrected chi connectivity index (χ0v) is 21.6. The Morgan fingerprint density at radius 1 is 0.821 bits per heavy atom. The fourth-order valence-corrected chi connectivity index (χ4v) is 3.87. The maximum Gasteiger partial charge on any atom is 0.341 e. The predicted molar refractivity (Wildman–Crippen MR) is 148 cm³/mol. The van der Waals surface area contributed by atoms with Gasteiger partial charge in [-0.2, -0.15) is 0 Å². The van der Waals surface area contributed by atoms with E-state index in [0.29, 0.717) is 34.3 Å². The first kappa shape index (κ1) is 27.5. The van der Waals surface area contributed by atoms with E-state index < -0.39 is 18.5 Å². The first-order valence-electron chi connectivity index (χ1n) is 12.2. The quantitative estimate of drug-likeness (QED) is 0.186. The molecule has 0 radical (unpaired) electrons. The molecule has 3 aromatic carbocycles. The topological polar surface area (TPSA) is 115 Å². The molecule has 4 rings (SSSR count). The van der Waals surface area contributed by atoms with Gasteiger partial charge in [-0.3, -0.25) is 4.79 Å². The number of aliphatic carboxylic acids is 2. The van der Waals surface area contributed by atoms with E-state index in [9.17, 15) is 9.59 Å². The van der Waals surface area contributed by atoms with Gasteiger partial charge >= 0.3 is 11.9 Å². The molecule has 0 saturated heterocycles. The fourth-order valence-electron chi connectivity index (χ4n) is 3.71. The molecule has 0 amide bonds. The summed E-state index contributed by atoms with van der Waals surface area (Å²) in [6, 6.07) is 21.9. The molecule has 0 saturated carbocycles. The van der Waals surface area contributed by atoms with Crippen molar-refractivity contribution in [3.05, 3.63) is 94.6 Å². The van der Waals surface area contributed by atoms with E-state index in [1.54, 1.807) is 36.4 Å². The van der Waals surface area contributed by atoms with Gasteiger partial charge in [-0.25, -0.2) is 9.78 Å². The Bertz CT molecular complexity index is 1500. The maximum absolute atomic E-state index is 10.9. The number of carbonyl (C=O) groups is 2. The van der Waals surface area contributed by atoms with Crippen molar-refractivity contribution in [3.63, 3.8) is 0 Å². The summed E-state index contributed by atoms with van der Waals surface area (Å²) in [5, 5.41) is 19.5. The van der Waals surface area contributed by atoms with Crippen LogP contribution in [-0.4, -0.2) is 40.3 Å². The molecule has 8 nitrogen and oxygen atoms in total. The van der Waals surface area contributed by atoms with Crippen LogP contribution in [0.15, 0.2) is 72.8 Å². The molecule has 0 aliphatic carbocycles. The van der Waals surface area contributed by atoms with Crippen molar-refractivity contribution in [2.24, 2.45) is 0 Å². The zero-order valence-electron chi connectivity index (χ0n) is 20.9. The van der Waals surface area contributed by atoms with Crippen molar-refractivity contribution in [3.8, 4) is 17.2 Å². The number of pyridine rings is 1. The molecule has 9 heteroatoms. The molecule has 0 atom stereocenters. The predicted octanol–water partition coefficient (Wildman–Crippen LogP) is 6.34. The number of carboxylic acids is 2. The van der Waals surface area contributed by atoms with Crippen LogP contribution < -0.4 is 14.2 Å². The molecular formula is C30H26ClNO7. The number of carboxylic acid groups (broad SMARTS) is 2. The van der Waals surface area contributed by atoms with Crippen molar-refractivity contribution in [2.45, 2.75) is 19.4 Å². The molecule has 0 aliphatic heterocycles. The highest BCUT2D eigenvalue weighted by Gasteiger charge is 2.11. The van der Waals surface area contributed by atoms with Crippen molar-refractivity contribution in [1.29, 1.82) is 0 Å². The highest BCUT2D eigenvalue weighted by Crippen LogP contribution is 2.31. The normalized spacial score (nSPS) is 11.0. The number of hydrogen-bond donors (Lipinski definition) is 2. The van der Waals surface area contributed by atoms with Crippen LogP contribution in [0.25, 0.3) is 23.1 Å². The number of aromatic nitrogens is 1. The molecule has 0 spiro atoms. The average Bonchev–Trinajstić information content (AvgIpc) is 2.92. The monoisotopic (exact) mass is 547 g/mol. The standard InChI is InChI=1S/C30H26ClNO7/c31-23-11-9-21-10-13-24(32-25(21)17-23)12-7-20-8-14-27(28(16-20)37-15-3-6-29(33)34)38-18-22-4-1-2-5-26(22)39-19-30(35)36/h1-2,4-5,7-14,16-17H,3,6,15,18-19H2,(H,33,34)(H,35,36). The maximum atomic E-state index is 10.9. The summed E-state index contributed by atoms with van der Waals surface area (Å²) in [5.74, 6) is -0.658. The smallest absolute Gasteiger partial charge is 0.341 e. The third-order valence-corrected chi connectivity index (χ3v) is 5.82. The molecule has 2 N–H and O–H groups in total. The SMILES string of the molecule is O=C(O)CCCOc1cc(C=Cc2ccc3ccc(Cl)cc3n2)ccc1OCc1ccccc1OCC(=O)O. The van der Waals surface area contributed by atoms with E-state index in [0.717, 1.165) is 22.2 Å². The third-order valence-electron chi connectivity index (χ3n) is 5.59. The molecule has 1 aromatic heterocycles. The summed E-state index contributed by atoms with van der Waals surface area (Å²) in [7, 11) is 0. The molecule has 1 heterocycles. The van der Waals surface area contributed by atoms with E-state index >= 15 is 0 Å². The Balaban J connectivity index is 1.52. The fraction of sp³-hybridized carbons (Fsp3) is 0.167. The average molecular weight is 548 g/mol. The van der Waals surface area contributed by atoms with Crippen molar-refractivity contribution < 1.29 is 34.0 Å². The Morgan fingerprint density at radius 3 is 2.46 bits per heavy atom. The van der Waals surface area contributed by atoms with Crippen molar-refractivity contribution >= 4 is 46.6 Å². The van der Waals surface area contributed by atoms with Crippen LogP contribution in [-0.2, 0) is 16.2 Å². The van der Waals surface area contributed by atoms with E-state index in [1.807, 2.05) is 48.6 Å². The third kappa shape index (κ3) is 8.21. The van der Waals surface area contributed by atoms with Gasteiger partial charge in [0.05, 0.1) is 17.8 Å². The van der Waals surface area contributed by atoms with Crippen LogP contribution >= 0.6 is 11.6 Å². The lowest BCUT2D eigenvalue weighted by Gasteiger charge is -2.15. The Labute approximate surface area is 230 Å². The van der Waals surface area contributed by atoms with Gasteiger partial charge in [0, 0.05) is 22.4 Å². The minimum absolute atomic E-state index is 0.0122. The Hall–Kier alpha value is -4.56. The molecule has 200 valence electrons. The molecule has 39 heavy (non-hydrogen) atoms. The zero-order chi connectivity index (χ0) is 27.6. The minimum Gasteiger partial charge on any atom is -0.490 e. The summed E-state index contributed by atoms with van der Waals surface area (Å²) in [6.45, 7) is -0.156. The number of halogens is 1. The van der Waals surface area contributed by atoms with E-state index in [2.05, 4.69) is 4.98 Å².